The minimum Gasteiger partial charge on any atom is -0.484 e. The summed E-state index contributed by atoms with van der Waals surface area (Å²) in [7, 11) is 0. The number of halogens is 1. The van der Waals surface area contributed by atoms with E-state index in [2.05, 4.69) is 5.32 Å². The zero-order valence-corrected chi connectivity index (χ0v) is 11.0. The van der Waals surface area contributed by atoms with Crippen molar-refractivity contribution in [2.24, 2.45) is 0 Å². The van der Waals surface area contributed by atoms with Gasteiger partial charge < -0.3 is 15.8 Å². The molecule has 0 fully saturated rings. The molecule has 21 heavy (non-hydrogen) atoms. The van der Waals surface area contributed by atoms with Gasteiger partial charge in [-0.25, -0.2) is 4.39 Å². The van der Waals surface area contributed by atoms with Gasteiger partial charge >= 0.3 is 0 Å². The van der Waals surface area contributed by atoms with Crippen LogP contribution in [-0.2, 0) is 4.79 Å². The predicted molar refractivity (Wildman–Crippen MR) is 76.1 cm³/mol. The molecule has 1 amide bonds. The number of anilines is 2. The SMILES string of the molecule is N#Cc1cc(NC(=O)COc2cccc(N)c2)ccc1F. The molecule has 3 N–H and O–H groups in total. The summed E-state index contributed by atoms with van der Waals surface area (Å²) in [6.07, 6.45) is 0. The van der Waals surface area contributed by atoms with Crippen molar-refractivity contribution >= 4 is 17.3 Å². The molecule has 0 aromatic heterocycles. The lowest BCUT2D eigenvalue weighted by Crippen LogP contribution is -2.20. The van der Waals surface area contributed by atoms with E-state index >= 15 is 0 Å². The highest BCUT2D eigenvalue weighted by Gasteiger charge is 2.07. The molecule has 0 aliphatic heterocycles. The quantitative estimate of drug-likeness (QED) is 0.844. The van der Waals surface area contributed by atoms with Crippen LogP contribution in [0.5, 0.6) is 5.75 Å². The van der Waals surface area contributed by atoms with Gasteiger partial charge in [0.1, 0.15) is 17.6 Å². The zero-order chi connectivity index (χ0) is 15.2. The smallest absolute Gasteiger partial charge is 0.262 e. The lowest BCUT2D eigenvalue weighted by Gasteiger charge is -2.08. The van der Waals surface area contributed by atoms with E-state index in [0.29, 0.717) is 17.1 Å². The molecular formula is C15H12FN3O2. The molecule has 6 heteroatoms. The number of nitrogens with two attached hydrogens (primary N) is 1. The molecular weight excluding hydrogens is 273 g/mol. The van der Waals surface area contributed by atoms with Gasteiger partial charge in [-0.2, -0.15) is 5.26 Å². The summed E-state index contributed by atoms with van der Waals surface area (Å²) in [4.78, 5) is 11.7. The topological polar surface area (TPSA) is 88.1 Å². The number of ether oxygens (including phenoxy) is 1. The minimum atomic E-state index is -0.633. The first-order valence-corrected chi connectivity index (χ1v) is 6.06. The van der Waals surface area contributed by atoms with E-state index in [1.807, 2.05) is 0 Å². The third-order valence-corrected chi connectivity index (χ3v) is 2.60. The Hall–Kier alpha value is -3.07. The highest BCUT2D eigenvalue weighted by atomic mass is 19.1. The van der Waals surface area contributed by atoms with Gasteiger partial charge in [0.25, 0.3) is 5.91 Å². The molecule has 0 radical (unpaired) electrons. The standard InChI is InChI=1S/C15H12FN3O2/c16-14-5-4-12(6-10(14)8-17)19-15(20)9-21-13-3-1-2-11(18)7-13/h1-7H,9,18H2,(H,19,20). The summed E-state index contributed by atoms with van der Waals surface area (Å²) in [6, 6.07) is 12.1. The molecule has 0 unspecified atom stereocenters. The molecule has 2 aromatic carbocycles. The van der Waals surface area contributed by atoms with Crippen molar-refractivity contribution in [3.63, 3.8) is 0 Å². The van der Waals surface area contributed by atoms with E-state index in [9.17, 15) is 9.18 Å². The lowest BCUT2D eigenvalue weighted by atomic mass is 10.2. The van der Waals surface area contributed by atoms with Crippen LogP contribution in [-0.4, -0.2) is 12.5 Å². The van der Waals surface area contributed by atoms with Crippen molar-refractivity contribution in [2.45, 2.75) is 0 Å². The molecule has 5 nitrogen and oxygen atoms in total. The first kappa shape index (κ1) is 14.3. The van der Waals surface area contributed by atoms with E-state index in [1.165, 1.54) is 12.1 Å². The number of rotatable bonds is 4. The Bertz CT molecular complexity index is 710. The molecule has 0 atom stereocenters. The molecule has 0 saturated heterocycles. The van der Waals surface area contributed by atoms with Crippen LogP contribution in [0.1, 0.15) is 5.56 Å². The van der Waals surface area contributed by atoms with Gasteiger partial charge in [0.2, 0.25) is 0 Å². The summed E-state index contributed by atoms with van der Waals surface area (Å²) >= 11 is 0. The maximum atomic E-state index is 13.1. The van der Waals surface area contributed by atoms with Crippen LogP contribution in [0.25, 0.3) is 0 Å². The Balaban J connectivity index is 1.95. The fourth-order valence-electron chi connectivity index (χ4n) is 1.64. The van der Waals surface area contributed by atoms with Crippen LogP contribution in [0.4, 0.5) is 15.8 Å². The molecule has 0 aliphatic carbocycles. The summed E-state index contributed by atoms with van der Waals surface area (Å²) < 4.78 is 18.4. The number of hydrogen-bond donors (Lipinski definition) is 2. The number of carbonyl (C=O) groups is 1. The van der Waals surface area contributed by atoms with E-state index in [4.69, 9.17) is 15.7 Å². The van der Waals surface area contributed by atoms with Crippen molar-refractivity contribution in [2.75, 3.05) is 17.7 Å². The monoisotopic (exact) mass is 285 g/mol. The van der Waals surface area contributed by atoms with Crippen molar-refractivity contribution in [3.8, 4) is 11.8 Å². The normalized spacial score (nSPS) is 9.71. The number of nitrogens with one attached hydrogen (secondary N) is 1. The molecule has 0 bridgehead atoms. The largest absolute Gasteiger partial charge is 0.484 e. The molecule has 0 saturated carbocycles. The average molecular weight is 285 g/mol. The van der Waals surface area contributed by atoms with E-state index in [-0.39, 0.29) is 12.2 Å². The average Bonchev–Trinajstić information content (AvgIpc) is 2.47. The molecule has 0 heterocycles. The van der Waals surface area contributed by atoms with Gasteiger partial charge in [0.15, 0.2) is 6.61 Å². The fourth-order valence-corrected chi connectivity index (χ4v) is 1.64. The van der Waals surface area contributed by atoms with Crippen LogP contribution in [0.3, 0.4) is 0 Å². The van der Waals surface area contributed by atoms with Crippen LogP contribution in [0, 0.1) is 17.1 Å². The number of hydrogen-bond acceptors (Lipinski definition) is 4. The van der Waals surface area contributed by atoms with E-state index in [1.54, 1.807) is 30.3 Å². The highest BCUT2D eigenvalue weighted by Crippen LogP contribution is 2.15. The maximum absolute atomic E-state index is 13.1. The van der Waals surface area contributed by atoms with Gasteiger partial charge in [0.05, 0.1) is 5.56 Å². The van der Waals surface area contributed by atoms with Crippen LogP contribution in [0.2, 0.25) is 0 Å². The molecule has 0 aliphatic rings. The number of nitrogens with zero attached hydrogens (tertiary/aromatic N) is 1. The second-order valence-corrected chi connectivity index (χ2v) is 4.22. The number of amides is 1. The zero-order valence-electron chi connectivity index (χ0n) is 11.0. The summed E-state index contributed by atoms with van der Waals surface area (Å²) in [6.45, 7) is -0.220. The Morgan fingerprint density at radius 2 is 2.14 bits per heavy atom. The van der Waals surface area contributed by atoms with Crippen LogP contribution >= 0.6 is 0 Å². The van der Waals surface area contributed by atoms with Crippen molar-refractivity contribution in [1.29, 1.82) is 5.26 Å². The van der Waals surface area contributed by atoms with Crippen molar-refractivity contribution in [3.05, 3.63) is 53.8 Å². The van der Waals surface area contributed by atoms with Gasteiger partial charge in [0, 0.05) is 17.4 Å². The summed E-state index contributed by atoms with van der Waals surface area (Å²) in [5.41, 5.74) is 6.31. The van der Waals surface area contributed by atoms with Gasteiger partial charge in [-0.05, 0) is 30.3 Å². The first-order chi connectivity index (χ1) is 10.1. The predicted octanol–water partition coefficient (Wildman–Crippen LogP) is 2.30. The van der Waals surface area contributed by atoms with E-state index in [0.717, 1.165) is 6.07 Å². The highest BCUT2D eigenvalue weighted by molar-refractivity contribution is 5.92. The number of carbonyl (C=O) groups excluding carboxylic acids is 1. The van der Waals surface area contributed by atoms with Crippen molar-refractivity contribution in [1.82, 2.24) is 0 Å². The third kappa shape index (κ3) is 3.94. The Labute approximate surface area is 120 Å². The van der Waals surface area contributed by atoms with Gasteiger partial charge in [-0.1, -0.05) is 6.07 Å². The molecule has 0 spiro atoms. The summed E-state index contributed by atoms with van der Waals surface area (Å²) in [5, 5.41) is 11.2. The van der Waals surface area contributed by atoms with Crippen molar-refractivity contribution < 1.29 is 13.9 Å². The number of benzene rings is 2. The first-order valence-electron chi connectivity index (χ1n) is 6.06. The van der Waals surface area contributed by atoms with E-state index < -0.39 is 11.7 Å². The number of nitrogen functional groups attached to an aromatic ring is 1. The van der Waals surface area contributed by atoms with Crippen LogP contribution in [0.15, 0.2) is 42.5 Å². The van der Waals surface area contributed by atoms with Crippen LogP contribution < -0.4 is 15.8 Å². The maximum Gasteiger partial charge on any atom is 0.262 e. The second-order valence-electron chi connectivity index (χ2n) is 4.22. The minimum absolute atomic E-state index is 0.135. The third-order valence-electron chi connectivity index (χ3n) is 2.60. The van der Waals surface area contributed by atoms with Gasteiger partial charge in [-0.3, -0.25) is 4.79 Å². The molecule has 106 valence electrons. The number of nitriles is 1. The molecule has 2 rings (SSSR count). The Morgan fingerprint density at radius 3 is 2.86 bits per heavy atom. The Morgan fingerprint density at radius 1 is 1.33 bits per heavy atom. The van der Waals surface area contributed by atoms with Gasteiger partial charge in [-0.15, -0.1) is 0 Å². The summed E-state index contributed by atoms with van der Waals surface area (Å²) in [5.74, 6) is -0.582. The fraction of sp³-hybridized carbons (Fsp3) is 0.0667. The molecule has 2 aromatic rings. The Kier molecular flexibility index (Phi) is 4.36. The second kappa shape index (κ2) is 6.39. The lowest BCUT2D eigenvalue weighted by molar-refractivity contribution is -0.118.